The molecule has 0 saturated carbocycles. The van der Waals surface area contributed by atoms with Crippen molar-refractivity contribution in [1.82, 2.24) is 4.90 Å². The molecule has 0 atom stereocenters. The van der Waals surface area contributed by atoms with Crippen LogP contribution in [0.5, 0.6) is 11.5 Å². The van der Waals surface area contributed by atoms with Gasteiger partial charge in [0.2, 0.25) is 0 Å². The molecule has 2 rings (SSSR count). The Kier molecular flexibility index (Phi) is 6.46. The second-order valence-electron chi connectivity index (χ2n) is 4.88. The third-order valence-corrected chi connectivity index (χ3v) is 4.18. The summed E-state index contributed by atoms with van der Waals surface area (Å²) in [6.45, 7) is 3.71. The third-order valence-electron chi connectivity index (χ3n) is 3.27. The molecular formula is C17H19NO6S. The molecule has 1 fully saturated rings. The summed E-state index contributed by atoms with van der Waals surface area (Å²) in [5.41, 5.74) is 0.614. The lowest BCUT2D eigenvalue weighted by atomic mass is 10.1. The zero-order valence-electron chi connectivity index (χ0n) is 14.2. The number of thioether (sulfide) groups is 1. The maximum atomic E-state index is 12.4. The van der Waals surface area contributed by atoms with E-state index in [1.165, 1.54) is 7.11 Å². The molecule has 1 heterocycles. The maximum absolute atomic E-state index is 12.4. The van der Waals surface area contributed by atoms with Crippen molar-refractivity contribution in [1.29, 1.82) is 0 Å². The molecule has 1 aliphatic heterocycles. The molecule has 0 bridgehead atoms. The van der Waals surface area contributed by atoms with Crippen LogP contribution in [0.25, 0.3) is 6.08 Å². The molecule has 25 heavy (non-hydrogen) atoms. The first kappa shape index (κ1) is 18.9. The molecular weight excluding hydrogens is 346 g/mol. The topological polar surface area (TPSA) is 82.1 Å². The number of benzene rings is 1. The number of carbonyl (C=O) groups is 3. The van der Waals surface area contributed by atoms with E-state index in [0.29, 0.717) is 23.7 Å². The molecule has 0 N–H and O–H groups in total. The quantitative estimate of drug-likeness (QED) is 0.543. The lowest BCUT2D eigenvalue weighted by Crippen LogP contribution is -2.34. The fraction of sp³-hybridized carbons (Fsp3) is 0.353. The molecule has 0 spiro atoms. The highest BCUT2D eigenvalue weighted by Crippen LogP contribution is 2.37. The predicted octanol–water partition coefficient (Wildman–Crippen LogP) is 2.69. The molecule has 1 saturated heterocycles. The van der Waals surface area contributed by atoms with Crippen LogP contribution in [-0.4, -0.2) is 48.9 Å². The molecule has 8 heteroatoms. The van der Waals surface area contributed by atoms with E-state index in [1.54, 1.807) is 31.2 Å². The second-order valence-corrected chi connectivity index (χ2v) is 5.88. The van der Waals surface area contributed by atoms with E-state index >= 15 is 0 Å². The minimum Gasteiger partial charge on any atom is -0.493 e. The van der Waals surface area contributed by atoms with Crippen LogP contribution in [-0.2, 0) is 14.3 Å². The molecule has 0 aliphatic carbocycles. The number of hydrogen-bond donors (Lipinski definition) is 0. The van der Waals surface area contributed by atoms with Gasteiger partial charge in [-0.1, -0.05) is 12.1 Å². The van der Waals surface area contributed by atoms with Crippen LogP contribution in [0.2, 0.25) is 0 Å². The fourth-order valence-corrected chi connectivity index (χ4v) is 3.05. The van der Waals surface area contributed by atoms with E-state index in [4.69, 9.17) is 14.2 Å². The molecule has 0 unspecified atom stereocenters. The molecule has 0 aromatic heterocycles. The summed E-state index contributed by atoms with van der Waals surface area (Å²) < 4.78 is 15.6. The number of esters is 1. The van der Waals surface area contributed by atoms with Gasteiger partial charge in [-0.3, -0.25) is 19.3 Å². The number of carbonyl (C=O) groups excluding carboxylic acids is 3. The number of ether oxygens (including phenoxy) is 3. The van der Waals surface area contributed by atoms with Crippen LogP contribution in [0.1, 0.15) is 19.4 Å². The van der Waals surface area contributed by atoms with Crippen LogP contribution in [0.3, 0.4) is 0 Å². The fourth-order valence-electron chi connectivity index (χ4n) is 2.22. The van der Waals surface area contributed by atoms with Gasteiger partial charge in [0.25, 0.3) is 11.1 Å². The number of para-hydroxylation sites is 1. The highest BCUT2D eigenvalue weighted by atomic mass is 32.2. The van der Waals surface area contributed by atoms with Gasteiger partial charge >= 0.3 is 5.97 Å². The number of nitrogens with zero attached hydrogens (tertiary/aromatic N) is 1. The van der Waals surface area contributed by atoms with E-state index in [1.807, 2.05) is 6.92 Å². The highest BCUT2D eigenvalue weighted by Gasteiger charge is 2.36. The minimum atomic E-state index is -0.623. The van der Waals surface area contributed by atoms with Crippen molar-refractivity contribution in [2.45, 2.75) is 13.8 Å². The van der Waals surface area contributed by atoms with Crippen molar-refractivity contribution in [3.63, 3.8) is 0 Å². The number of amides is 2. The first-order valence-electron chi connectivity index (χ1n) is 7.72. The van der Waals surface area contributed by atoms with Gasteiger partial charge in [-0.05, 0) is 37.8 Å². The standard InChI is InChI=1S/C17H19NO6S/c1-4-23-14(19)10-18-16(20)13(25-17(18)21)9-11-7-6-8-12(22-3)15(11)24-5-2/h6-9H,4-5,10H2,1-3H3/b13-9+. The monoisotopic (exact) mass is 365 g/mol. The summed E-state index contributed by atoms with van der Waals surface area (Å²) >= 11 is 0.771. The first-order chi connectivity index (χ1) is 12.0. The van der Waals surface area contributed by atoms with Crippen LogP contribution < -0.4 is 9.47 Å². The number of imide groups is 1. The number of rotatable bonds is 7. The van der Waals surface area contributed by atoms with Gasteiger partial charge in [0.05, 0.1) is 25.2 Å². The Bertz CT molecular complexity index is 715. The van der Waals surface area contributed by atoms with Gasteiger partial charge < -0.3 is 14.2 Å². The van der Waals surface area contributed by atoms with Crippen molar-refractivity contribution in [2.24, 2.45) is 0 Å². The summed E-state index contributed by atoms with van der Waals surface area (Å²) in [5, 5.41) is -0.509. The molecule has 134 valence electrons. The van der Waals surface area contributed by atoms with E-state index in [2.05, 4.69) is 0 Å². The lowest BCUT2D eigenvalue weighted by Gasteiger charge is -2.12. The lowest BCUT2D eigenvalue weighted by molar-refractivity contribution is -0.145. The summed E-state index contributed by atoms with van der Waals surface area (Å²) in [6.07, 6.45) is 1.56. The number of hydrogen-bond acceptors (Lipinski definition) is 7. The molecule has 2 amide bonds. The Morgan fingerprint density at radius 1 is 1.24 bits per heavy atom. The Balaban J connectivity index is 2.29. The van der Waals surface area contributed by atoms with Gasteiger partial charge in [-0.25, -0.2) is 0 Å². The summed E-state index contributed by atoms with van der Waals surface area (Å²) in [4.78, 5) is 37.1. The van der Waals surface area contributed by atoms with Crippen molar-refractivity contribution in [2.75, 3.05) is 26.9 Å². The first-order valence-corrected chi connectivity index (χ1v) is 8.54. The largest absolute Gasteiger partial charge is 0.493 e. The Morgan fingerprint density at radius 3 is 2.64 bits per heavy atom. The smallest absolute Gasteiger partial charge is 0.326 e. The highest BCUT2D eigenvalue weighted by molar-refractivity contribution is 8.18. The predicted molar refractivity (Wildman–Crippen MR) is 93.5 cm³/mol. The zero-order chi connectivity index (χ0) is 18.4. The van der Waals surface area contributed by atoms with Gasteiger partial charge in [0, 0.05) is 5.56 Å². The Labute approximate surface area is 149 Å². The van der Waals surface area contributed by atoms with Gasteiger partial charge in [0.1, 0.15) is 6.54 Å². The molecule has 1 aliphatic rings. The van der Waals surface area contributed by atoms with Crippen molar-refractivity contribution in [3.05, 3.63) is 28.7 Å². The summed E-state index contributed by atoms with van der Waals surface area (Å²) in [5.74, 6) is -0.137. The molecule has 7 nitrogen and oxygen atoms in total. The van der Waals surface area contributed by atoms with E-state index in [-0.39, 0.29) is 11.5 Å². The maximum Gasteiger partial charge on any atom is 0.326 e. The van der Waals surface area contributed by atoms with E-state index in [0.717, 1.165) is 16.7 Å². The average Bonchev–Trinajstić information content (AvgIpc) is 2.84. The number of methoxy groups -OCH3 is 1. The Hall–Kier alpha value is -2.48. The van der Waals surface area contributed by atoms with Crippen molar-refractivity contribution in [3.8, 4) is 11.5 Å². The molecule has 1 aromatic carbocycles. The van der Waals surface area contributed by atoms with Crippen LogP contribution in [0.15, 0.2) is 23.1 Å². The van der Waals surface area contributed by atoms with Crippen molar-refractivity contribution >= 4 is 35.0 Å². The second kappa shape index (κ2) is 8.57. The molecule has 0 radical (unpaired) electrons. The minimum absolute atomic E-state index is 0.187. The van der Waals surface area contributed by atoms with Gasteiger partial charge in [0.15, 0.2) is 11.5 Å². The average molecular weight is 365 g/mol. The van der Waals surface area contributed by atoms with Gasteiger partial charge in [-0.2, -0.15) is 0 Å². The van der Waals surface area contributed by atoms with Crippen LogP contribution in [0, 0.1) is 0 Å². The zero-order valence-corrected chi connectivity index (χ0v) is 15.1. The van der Waals surface area contributed by atoms with E-state index in [9.17, 15) is 14.4 Å². The SMILES string of the molecule is CCOC(=O)CN1C(=O)S/C(=C/c2cccc(OC)c2OCC)C1=O. The Morgan fingerprint density at radius 2 is 2.00 bits per heavy atom. The molecule has 1 aromatic rings. The van der Waals surface area contributed by atoms with Gasteiger partial charge in [-0.15, -0.1) is 0 Å². The third kappa shape index (κ3) is 4.33. The normalized spacial score (nSPS) is 15.6. The van der Waals surface area contributed by atoms with Crippen LogP contribution >= 0.6 is 11.8 Å². The summed E-state index contributed by atoms with van der Waals surface area (Å²) in [7, 11) is 1.52. The summed E-state index contributed by atoms with van der Waals surface area (Å²) in [6, 6.07) is 5.26. The van der Waals surface area contributed by atoms with Crippen LogP contribution in [0.4, 0.5) is 4.79 Å². The van der Waals surface area contributed by atoms with E-state index < -0.39 is 23.7 Å². The van der Waals surface area contributed by atoms with Crippen molar-refractivity contribution < 1.29 is 28.6 Å².